The molecule has 0 radical (unpaired) electrons. The van der Waals surface area contributed by atoms with Crippen molar-refractivity contribution < 1.29 is 14.3 Å². The maximum Gasteiger partial charge on any atom is 0.357 e. The molecule has 0 aliphatic heterocycles. The fourth-order valence-electron chi connectivity index (χ4n) is 3.20. The van der Waals surface area contributed by atoms with Crippen molar-refractivity contribution in [2.45, 2.75) is 31.2 Å². The predicted molar refractivity (Wildman–Crippen MR) is 109 cm³/mol. The van der Waals surface area contributed by atoms with Crippen LogP contribution in [0.15, 0.2) is 47.1 Å². The average Bonchev–Trinajstić information content (AvgIpc) is 3.03. The molecular formula is C21H21N3O3S. The number of nitrogens with one attached hydrogen (secondary N) is 1. The molecule has 144 valence electrons. The van der Waals surface area contributed by atoms with E-state index in [-0.39, 0.29) is 18.1 Å². The minimum absolute atomic E-state index is 0.0249. The van der Waals surface area contributed by atoms with Gasteiger partial charge in [-0.3, -0.25) is 9.36 Å². The summed E-state index contributed by atoms with van der Waals surface area (Å²) < 4.78 is 7.00. The second-order valence-corrected chi connectivity index (χ2v) is 6.96. The van der Waals surface area contributed by atoms with E-state index in [0.717, 1.165) is 18.5 Å². The van der Waals surface area contributed by atoms with Crippen molar-refractivity contribution in [3.63, 3.8) is 0 Å². The summed E-state index contributed by atoms with van der Waals surface area (Å²) in [6.45, 7) is 1.94. The normalized spacial score (nSPS) is 13.6. The predicted octanol–water partition coefficient (Wildman–Crippen LogP) is 4.30. The van der Waals surface area contributed by atoms with Gasteiger partial charge in [0.1, 0.15) is 16.7 Å². The van der Waals surface area contributed by atoms with Crippen LogP contribution in [-0.2, 0) is 9.53 Å². The zero-order valence-electron chi connectivity index (χ0n) is 15.8. The number of rotatable bonds is 6. The lowest BCUT2D eigenvalue weighted by Gasteiger charge is -2.16. The van der Waals surface area contributed by atoms with E-state index in [1.165, 1.54) is 11.8 Å². The molecule has 1 aromatic heterocycles. The van der Waals surface area contributed by atoms with Gasteiger partial charge in [0.2, 0.25) is 0 Å². The first-order valence-corrected chi connectivity index (χ1v) is 10.3. The molecule has 1 aliphatic carbocycles. The van der Waals surface area contributed by atoms with E-state index in [9.17, 15) is 14.9 Å². The monoisotopic (exact) mass is 395 g/mol. The highest BCUT2D eigenvalue weighted by atomic mass is 32.2. The summed E-state index contributed by atoms with van der Waals surface area (Å²) >= 11 is 1.36. The molecule has 1 heterocycles. The van der Waals surface area contributed by atoms with Gasteiger partial charge in [-0.1, -0.05) is 24.3 Å². The van der Waals surface area contributed by atoms with Crippen molar-refractivity contribution in [2.24, 2.45) is 0 Å². The third-order valence-electron chi connectivity index (χ3n) is 4.43. The number of benzene rings is 1. The number of anilines is 1. The lowest BCUT2D eigenvalue weighted by Crippen LogP contribution is -2.18. The van der Waals surface area contributed by atoms with Crippen molar-refractivity contribution in [3.05, 3.63) is 53.4 Å². The van der Waals surface area contributed by atoms with Crippen molar-refractivity contribution >= 4 is 29.2 Å². The summed E-state index contributed by atoms with van der Waals surface area (Å²) in [5.41, 5.74) is 2.01. The Balaban J connectivity index is 2.26. The Morgan fingerprint density at radius 3 is 2.71 bits per heavy atom. The maximum absolute atomic E-state index is 12.9. The van der Waals surface area contributed by atoms with Gasteiger partial charge in [0.05, 0.1) is 18.0 Å². The van der Waals surface area contributed by atoms with E-state index in [0.29, 0.717) is 28.4 Å². The molecule has 0 bridgehead atoms. The molecule has 28 heavy (non-hydrogen) atoms. The first-order valence-electron chi connectivity index (χ1n) is 9.08. The van der Waals surface area contributed by atoms with E-state index in [4.69, 9.17) is 4.74 Å². The smallest absolute Gasteiger partial charge is 0.357 e. The Labute approximate surface area is 168 Å². The molecule has 1 aromatic carbocycles. The summed E-state index contributed by atoms with van der Waals surface area (Å²) in [5.74, 6) is -0.572. The second kappa shape index (κ2) is 8.81. The van der Waals surface area contributed by atoms with Crippen molar-refractivity contribution in [1.82, 2.24) is 4.57 Å². The maximum atomic E-state index is 12.9. The highest BCUT2D eigenvalue weighted by Gasteiger charge is 2.30. The van der Waals surface area contributed by atoms with Crippen molar-refractivity contribution in [1.29, 1.82) is 5.26 Å². The van der Waals surface area contributed by atoms with Crippen LogP contribution in [0.5, 0.6) is 0 Å². The molecule has 0 saturated carbocycles. The van der Waals surface area contributed by atoms with Crippen LogP contribution in [0.1, 0.15) is 42.2 Å². The van der Waals surface area contributed by atoms with Crippen LogP contribution >= 0.6 is 11.8 Å². The largest absolute Gasteiger partial charge is 0.461 e. The van der Waals surface area contributed by atoms with Gasteiger partial charge in [-0.15, -0.1) is 11.8 Å². The van der Waals surface area contributed by atoms with Crippen LogP contribution in [0, 0.1) is 11.3 Å². The molecule has 0 amide bonds. The highest BCUT2D eigenvalue weighted by Crippen LogP contribution is 2.38. The molecule has 2 aromatic rings. The van der Waals surface area contributed by atoms with Crippen LogP contribution < -0.4 is 5.32 Å². The zero-order chi connectivity index (χ0) is 20.1. The number of allylic oxidation sites excluding steroid dienone is 2. The standard InChI is InChI=1S/C21H21N3O3S/c1-3-27-21(26)19-18(23-16-11-7-8-12-17(16)25)15(13-22)20(28-2)24(19)14-9-5-4-6-10-14/h4-6,9-11,23H,3,7-8,12H2,1-2H3. The Morgan fingerprint density at radius 2 is 2.11 bits per heavy atom. The number of esters is 1. The van der Waals surface area contributed by atoms with Crippen molar-refractivity contribution in [2.75, 3.05) is 18.2 Å². The molecule has 0 unspecified atom stereocenters. The van der Waals surface area contributed by atoms with Gasteiger partial charge in [-0.2, -0.15) is 5.26 Å². The summed E-state index contributed by atoms with van der Waals surface area (Å²) in [5, 5.41) is 13.5. The van der Waals surface area contributed by atoms with E-state index in [2.05, 4.69) is 11.4 Å². The summed E-state index contributed by atoms with van der Waals surface area (Å²) in [4.78, 5) is 25.2. The number of ketones is 1. The van der Waals surface area contributed by atoms with E-state index >= 15 is 0 Å². The first kappa shape index (κ1) is 19.8. The van der Waals surface area contributed by atoms with E-state index in [1.807, 2.05) is 42.7 Å². The van der Waals surface area contributed by atoms with Gasteiger partial charge in [0.15, 0.2) is 11.5 Å². The number of hydrogen-bond donors (Lipinski definition) is 1. The molecule has 0 atom stereocenters. The Bertz CT molecular complexity index is 971. The number of carbonyl (C=O) groups is 2. The molecule has 0 saturated heterocycles. The fraction of sp³-hybridized carbons (Fsp3) is 0.286. The van der Waals surface area contributed by atoms with Crippen LogP contribution in [-0.4, -0.2) is 29.2 Å². The molecule has 3 rings (SSSR count). The summed E-state index contributed by atoms with van der Waals surface area (Å²) in [6, 6.07) is 11.5. The Kier molecular flexibility index (Phi) is 6.22. The Morgan fingerprint density at radius 1 is 1.36 bits per heavy atom. The lowest BCUT2D eigenvalue weighted by molar-refractivity contribution is -0.115. The number of nitrogens with zero attached hydrogens (tertiary/aromatic N) is 2. The van der Waals surface area contributed by atoms with Gasteiger partial charge >= 0.3 is 5.97 Å². The van der Waals surface area contributed by atoms with Crippen LogP contribution in [0.3, 0.4) is 0 Å². The molecule has 0 spiro atoms. The number of aromatic nitrogens is 1. The quantitative estimate of drug-likeness (QED) is 0.580. The topological polar surface area (TPSA) is 84.1 Å². The van der Waals surface area contributed by atoms with Gasteiger partial charge in [0.25, 0.3) is 0 Å². The Hall–Kier alpha value is -2.98. The molecule has 1 aliphatic rings. The van der Waals surface area contributed by atoms with Gasteiger partial charge < -0.3 is 10.1 Å². The number of ether oxygens (including phenoxy) is 1. The van der Waals surface area contributed by atoms with Gasteiger partial charge in [0, 0.05) is 12.1 Å². The molecule has 7 heteroatoms. The molecule has 1 N–H and O–H groups in total. The van der Waals surface area contributed by atoms with Crippen LogP contribution in [0.4, 0.5) is 5.69 Å². The lowest BCUT2D eigenvalue weighted by atomic mass is 10.0. The number of para-hydroxylation sites is 1. The van der Waals surface area contributed by atoms with Gasteiger partial charge in [-0.05, 0) is 38.2 Å². The highest BCUT2D eigenvalue weighted by molar-refractivity contribution is 7.98. The average molecular weight is 395 g/mol. The summed E-state index contributed by atoms with van der Waals surface area (Å²) in [6.07, 6.45) is 5.70. The fourth-order valence-corrected chi connectivity index (χ4v) is 3.93. The van der Waals surface area contributed by atoms with Gasteiger partial charge in [-0.25, -0.2) is 4.79 Å². The number of hydrogen-bond acceptors (Lipinski definition) is 6. The van der Waals surface area contributed by atoms with E-state index < -0.39 is 5.97 Å². The van der Waals surface area contributed by atoms with Crippen molar-refractivity contribution in [3.8, 4) is 11.8 Å². The van der Waals surface area contributed by atoms with E-state index in [1.54, 1.807) is 11.5 Å². The third-order valence-corrected chi connectivity index (χ3v) is 5.21. The SMILES string of the molecule is CCOC(=O)c1c(NC2=CCCCC2=O)c(C#N)c(SC)n1-c1ccccc1. The first-order chi connectivity index (χ1) is 13.6. The molecule has 0 fully saturated rings. The number of carbonyl (C=O) groups excluding carboxylic acids is 2. The number of nitriles is 1. The number of Topliss-reactive ketones (excluding diaryl/α,β-unsaturated/α-hetero) is 1. The third kappa shape index (κ3) is 3.69. The molecular weight excluding hydrogens is 374 g/mol. The minimum atomic E-state index is -0.547. The van der Waals surface area contributed by atoms with Crippen LogP contribution in [0.25, 0.3) is 5.69 Å². The summed E-state index contributed by atoms with van der Waals surface area (Å²) in [7, 11) is 0. The second-order valence-electron chi connectivity index (χ2n) is 6.17. The molecule has 6 nitrogen and oxygen atoms in total. The minimum Gasteiger partial charge on any atom is -0.461 e. The van der Waals surface area contributed by atoms with Crippen LogP contribution in [0.2, 0.25) is 0 Å². The zero-order valence-corrected chi connectivity index (χ0v) is 16.6. The number of thioether (sulfide) groups is 1.